The number of carbonyl (C=O) groups is 1. The molecule has 0 bridgehead atoms. The molecule has 0 spiro atoms. The maximum atomic E-state index is 11.0. The Morgan fingerprint density at radius 2 is 1.96 bits per heavy atom. The summed E-state index contributed by atoms with van der Waals surface area (Å²) >= 11 is 5.24. The Kier molecular flexibility index (Phi) is 7.13. The molecule has 0 atom stereocenters. The number of ether oxygens (including phenoxy) is 2. The van der Waals surface area contributed by atoms with Gasteiger partial charge in [-0.25, -0.2) is 0 Å². The van der Waals surface area contributed by atoms with Crippen LogP contribution in [0.25, 0.3) is 0 Å². The minimum absolute atomic E-state index is 0.131. The number of benzene rings is 2. The molecular weight excluding hydrogens is 366 g/mol. The first-order valence-electron chi connectivity index (χ1n) is 8.07. The van der Waals surface area contributed by atoms with Crippen LogP contribution in [-0.2, 0) is 11.2 Å². The third kappa shape index (κ3) is 5.96. The van der Waals surface area contributed by atoms with E-state index in [9.17, 15) is 4.79 Å². The van der Waals surface area contributed by atoms with Crippen molar-refractivity contribution in [3.05, 3.63) is 53.6 Å². The second-order valence-electron chi connectivity index (χ2n) is 5.59. The smallest absolute Gasteiger partial charge is 0.307 e. The van der Waals surface area contributed by atoms with E-state index in [0.717, 1.165) is 11.3 Å². The number of carboxylic acids is 1. The van der Waals surface area contributed by atoms with Crippen LogP contribution in [0.15, 0.2) is 47.6 Å². The molecule has 0 saturated carbocycles. The lowest BCUT2D eigenvalue weighted by atomic mass is 10.0. The number of thiocarbonyl (C=S) groups is 1. The van der Waals surface area contributed by atoms with Crippen LogP contribution < -0.4 is 20.2 Å². The van der Waals surface area contributed by atoms with Crippen molar-refractivity contribution in [2.24, 2.45) is 5.10 Å². The number of hydrogen-bond donors (Lipinski definition) is 3. The minimum Gasteiger partial charge on any atom is -0.497 e. The van der Waals surface area contributed by atoms with Crippen LogP contribution in [0.4, 0.5) is 5.69 Å². The van der Waals surface area contributed by atoms with E-state index >= 15 is 0 Å². The molecule has 0 aliphatic carbocycles. The Morgan fingerprint density at radius 1 is 1.19 bits per heavy atom. The first-order chi connectivity index (χ1) is 12.9. The van der Waals surface area contributed by atoms with Gasteiger partial charge in [-0.1, -0.05) is 6.07 Å². The molecule has 0 unspecified atom stereocenters. The number of anilines is 1. The van der Waals surface area contributed by atoms with Crippen molar-refractivity contribution >= 4 is 34.7 Å². The summed E-state index contributed by atoms with van der Waals surface area (Å²) in [7, 11) is 3.10. The largest absolute Gasteiger partial charge is 0.497 e. The van der Waals surface area contributed by atoms with Gasteiger partial charge in [-0.3, -0.25) is 10.2 Å². The fraction of sp³-hybridized carbons (Fsp3) is 0.211. The number of nitrogens with zero attached hydrogens (tertiary/aromatic N) is 1. The summed E-state index contributed by atoms with van der Waals surface area (Å²) in [5, 5.41) is 16.6. The predicted molar refractivity (Wildman–Crippen MR) is 109 cm³/mol. The highest BCUT2D eigenvalue weighted by Crippen LogP contribution is 2.21. The van der Waals surface area contributed by atoms with Crippen LogP contribution in [0.3, 0.4) is 0 Å². The van der Waals surface area contributed by atoms with Gasteiger partial charge in [0.1, 0.15) is 11.5 Å². The van der Waals surface area contributed by atoms with Gasteiger partial charge in [-0.05, 0) is 55.0 Å². The Bertz CT molecular complexity index is 868. The van der Waals surface area contributed by atoms with Crippen LogP contribution in [0.2, 0.25) is 0 Å². The second-order valence-corrected chi connectivity index (χ2v) is 6.00. The molecule has 0 saturated heterocycles. The number of hydrogen-bond acceptors (Lipinski definition) is 5. The van der Waals surface area contributed by atoms with Gasteiger partial charge < -0.3 is 19.9 Å². The van der Waals surface area contributed by atoms with E-state index in [-0.39, 0.29) is 6.42 Å². The average molecular weight is 387 g/mol. The van der Waals surface area contributed by atoms with Crippen LogP contribution in [0, 0.1) is 0 Å². The molecule has 0 radical (unpaired) electrons. The van der Waals surface area contributed by atoms with Crippen LogP contribution >= 0.6 is 12.2 Å². The maximum absolute atomic E-state index is 11.0. The SMILES string of the molecule is COc1cccc(NC(=S)N/N=C(/C)c2ccc(OC)c(CC(=O)O)c2)c1. The lowest BCUT2D eigenvalue weighted by molar-refractivity contribution is -0.136. The summed E-state index contributed by atoms with van der Waals surface area (Å²) in [6.07, 6.45) is -0.131. The van der Waals surface area contributed by atoms with Crippen molar-refractivity contribution < 1.29 is 19.4 Å². The van der Waals surface area contributed by atoms with Gasteiger partial charge in [0, 0.05) is 17.3 Å². The van der Waals surface area contributed by atoms with E-state index in [1.165, 1.54) is 7.11 Å². The number of aliphatic carboxylic acids is 1. The van der Waals surface area contributed by atoms with E-state index in [2.05, 4.69) is 15.8 Å². The fourth-order valence-electron chi connectivity index (χ4n) is 2.36. The van der Waals surface area contributed by atoms with Gasteiger partial charge in [0.25, 0.3) is 0 Å². The van der Waals surface area contributed by atoms with Gasteiger partial charge in [0.2, 0.25) is 0 Å². The van der Waals surface area contributed by atoms with Crippen molar-refractivity contribution in [2.75, 3.05) is 19.5 Å². The molecule has 8 heteroatoms. The molecular formula is C19H21N3O4S. The molecule has 0 aromatic heterocycles. The standard InChI is InChI=1S/C19H21N3O4S/c1-12(13-7-8-17(26-3)14(9-13)10-18(23)24)21-22-19(27)20-15-5-4-6-16(11-15)25-2/h4-9,11H,10H2,1-3H3,(H,23,24)(H2,20,22,27)/b21-12-. The van der Waals surface area contributed by atoms with Gasteiger partial charge in [0.15, 0.2) is 5.11 Å². The lowest BCUT2D eigenvalue weighted by Crippen LogP contribution is -2.25. The van der Waals surface area contributed by atoms with Gasteiger partial charge in [-0.15, -0.1) is 0 Å². The molecule has 2 rings (SSSR count). The van der Waals surface area contributed by atoms with Crippen LogP contribution in [0.5, 0.6) is 11.5 Å². The zero-order valence-electron chi connectivity index (χ0n) is 15.3. The van der Waals surface area contributed by atoms with Gasteiger partial charge >= 0.3 is 5.97 Å². The molecule has 142 valence electrons. The summed E-state index contributed by atoms with van der Waals surface area (Å²) in [6, 6.07) is 12.6. The third-order valence-corrected chi connectivity index (χ3v) is 3.89. The molecule has 27 heavy (non-hydrogen) atoms. The zero-order valence-corrected chi connectivity index (χ0v) is 16.1. The molecule has 0 aliphatic heterocycles. The van der Waals surface area contributed by atoms with Crippen molar-refractivity contribution in [1.29, 1.82) is 0 Å². The summed E-state index contributed by atoms with van der Waals surface area (Å²) in [5.74, 6) is 0.311. The van der Waals surface area contributed by atoms with Gasteiger partial charge in [0.05, 0.1) is 26.4 Å². The van der Waals surface area contributed by atoms with Crippen molar-refractivity contribution in [2.45, 2.75) is 13.3 Å². The minimum atomic E-state index is -0.929. The first kappa shape index (κ1) is 20.2. The molecule has 0 fully saturated rings. The Labute approximate surface area is 163 Å². The number of carboxylic acid groups (broad SMARTS) is 1. The number of hydrazone groups is 1. The number of nitrogens with one attached hydrogen (secondary N) is 2. The highest BCUT2D eigenvalue weighted by Gasteiger charge is 2.10. The van der Waals surface area contributed by atoms with E-state index in [1.54, 1.807) is 26.2 Å². The van der Waals surface area contributed by atoms with Crippen LogP contribution in [-0.4, -0.2) is 36.1 Å². The highest BCUT2D eigenvalue weighted by atomic mass is 32.1. The molecule has 0 aliphatic rings. The van der Waals surface area contributed by atoms with Crippen LogP contribution in [0.1, 0.15) is 18.1 Å². The maximum Gasteiger partial charge on any atom is 0.307 e. The average Bonchev–Trinajstić information content (AvgIpc) is 2.65. The zero-order chi connectivity index (χ0) is 19.8. The molecule has 7 nitrogen and oxygen atoms in total. The van der Waals surface area contributed by atoms with E-state index in [1.807, 2.05) is 30.3 Å². The fourth-order valence-corrected chi connectivity index (χ4v) is 2.53. The van der Waals surface area contributed by atoms with E-state index in [0.29, 0.717) is 27.9 Å². The second kappa shape index (κ2) is 9.54. The van der Waals surface area contributed by atoms with Crippen molar-refractivity contribution in [3.63, 3.8) is 0 Å². The lowest BCUT2D eigenvalue weighted by Gasteiger charge is -2.11. The normalized spacial score (nSPS) is 10.9. The quantitative estimate of drug-likeness (QED) is 0.382. The topological polar surface area (TPSA) is 92.2 Å². The molecule has 2 aromatic carbocycles. The summed E-state index contributed by atoms with van der Waals surface area (Å²) in [6.45, 7) is 1.80. The van der Waals surface area contributed by atoms with Crippen molar-refractivity contribution in [1.82, 2.24) is 5.43 Å². The van der Waals surface area contributed by atoms with Gasteiger partial charge in [-0.2, -0.15) is 5.10 Å². The number of methoxy groups -OCH3 is 2. The molecule has 3 N–H and O–H groups in total. The monoisotopic (exact) mass is 387 g/mol. The summed E-state index contributed by atoms with van der Waals surface area (Å²) in [5.41, 5.74) is 5.54. The van der Waals surface area contributed by atoms with E-state index < -0.39 is 5.97 Å². The summed E-state index contributed by atoms with van der Waals surface area (Å²) in [4.78, 5) is 11.0. The number of rotatable bonds is 7. The Hall–Kier alpha value is -3.13. The molecule has 2 aromatic rings. The Morgan fingerprint density at radius 3 is 2.63 bits per heavy atom. The van der Waals surface area contributed by atoms with Crippen molar-refractivity contribution in [3.8, 4) is 11.5 Å². The predicted octanol–water partition coefficient (Wildman–Crippen LogP) is 3.04. The first-order valence-corrected chi connectivity index (χ1v) is 8.48. The molecule has 0 amide bonds. The molecule has 0 heterocycles. The van der Waals surface area contributed by atoms with E-state index in [4.69, 9.17) is 26.8 Å². The Balaban J connectivity index is 2.07. The third-order valence-electron chi connectivity index (χ3n) is 3.69. The summed E-state index contributed by atoms with van der Waals surface area (Å²) < 4.78 is 10.4. The highest BCUT2D eigenvalue weighted by molar-refractivity contribution is 7.80.